The Hall–Kier alpha value is -1.40. The van der Waals surface area contributed by atoms with E-state index in [1.165, 1.54) is 7.11 Å². The number of methoxy groups -OCH3 is 1. The second kappa shape index (κ2) is 5.18. The third-order valence-corrected chi connectivity index (χ3v) is 4.10. The van der Waals surface area contributed by atoms with Crippen molar-refractivity contribution in [3.05, 3.63) is 18.2 Å². The van der Waals surface area contributed by atoms with Crippen LogP contribution < -0.4 is 5.32 Å². The minimum Gasteiger partial charge on any atom is -0.468 e. The van der Waals surface area contributed by atoms with Crippen molar-refractivity contribution in [2.45, 2.75) is 44.4 Å². The van der Waals surface area contributed by atoms with Crippen molar-refractivity contribution in [2.75, 3.05) is 20.2 Å². The predicted molar refractivity (Wildman–Crippen MR) is 74.1 cm³/mol. The number of hydrogen-bond acceptors (Lipinski definition) is 5. The lowest BCUT2D eigenvalue weighted by Gasteiger charge is -2.36. The van der Waals surface area contributed by atoms with Gasteiger partial charge in [-0.25, -0.2) is 4.98 Å². The summed E-state index contributed by atoms with van der Waals surface area (Å²) in [4.78, 5) is 18.8. The van der Waals surface area contributed by atoms with E-state index >= 15 is 0 Å². The molecule has 2 heterocycles. The zero-order valence-electron chi connectivity index (χ0n) is 12.1. The summed E-state index contributed by atoms with van der Waals surface area (Å²) in [5, 5.41) is 3.44. The largest absolute Gasteiger partial charge is 0.468 e. The summed E-state index contributed by atoms with van der Waals surface area (Å²) in [5.41, 5.74) is -0.634. The van der Waals surface area contributed by atoms with Gasteiger partial charge in [0.1, 0.15) is 11.4 Å². The van der Waals surface area contributed by atoms with Gasteiger partial charge >= 0.3 is 5.97 Å². The molecule has 0 radical (unpaired) electrons. The Morgan fingerprint density at radius 1 is 1.55 bits per heavy atom. The van der Waals surface area contributed by atoms with Gasteiger partial charge in [-0.15, -0.1) is 0 Å². The van der Waals surface area contributed by atoms with Gasteiger partial charge < -0.3 is 9.30 Å². The molecule has 1 N–H and O–H groups in total. The summed E-state index contributed by atoms with van der Waals surface area (Å²) in [5.74, 6) is 0.883. The lowest BCUT2D eigenvalue weighted by atomic mass is 10.0. The molecule has 110 valence electrons. The normalized spacial score (nSPS) is 22.1. The molecule has 0 bridgehead atoms. The average Bonchev–Trinajstić information content (AvgIpc) is 3.11. The minimum absolute atomic E-state index is 0.182. The van der Waals surface area contributed by atoms with Crippen LogP contribution >= 0.6 is 0 Å². The first-order chi connectivity index (χ1) is 9.60. The van der Waals surface area contributed by atoms with E-state index in [2.05, 4.69) is 19.8 Å². The highest BCUT2D eigenvalue weighted by molar-refractivity contribution is 5.80. The van der Waals surface area contributed by atoms with Gasteiger partial charge in [0, 0.05) is 38.1 Å². The summed E-state index contributed by atoms with van der Waals surface area (Å²) >= 11 is 0. The Kier molecular flexibility index (Phi) is 3.52. The first-order valence-corrected chi connectivity index (χ1v) is 7.19. The van der Waals surface area contributed by atoms with Crippen LogP contribution in [0.4, 0.5) is 0 Å². The van der Waals surface area contributed by atoms with Crippen LogP contribution in [0.15, 0.2) is 12.4 Å². The summed E-state index contributed by atoms with van der Waals surface area (Å²) in [6.45, 7) is 5.24. The summed E-state index contributed by atoms with van der Waals surface area (Å²) in [6, 6.07) is 0.464. The van der Waals surface area contributed by atoms with Crippen molar-refractivity contribution in [1.29, 1.82) is 0 Å². The Bertz CT molecular complexity index is 497. The molecule has 1 unspecified atom stereocenters. The maximum atomic E-state index is 12.1. The van der Waals surface area contributed by atoms with Crippen LogP contribution in [0.5, 0.6) is 0 Å². The number of hydrogen-bond donors (Lipinski definition) is 1. The fourth-order valence-corrected chi connectivity index (χ4v) is 2.88. The average molecular weight is 278 g/mol. The predicted octanol–water partition coefficient (Wildman–Crippen LogP) is 0.382. The van der Waals surface area contributed by atoms with E-state index in [0.717, 1.165) is 38.3 Å². The smallest absolute Gasteiger partial charge is 0.327 e. The minimum atomic E-state index is -0.634. The molecule has 2 aliphatic rings. The number of fused-ring (bicyclic) bond motifs is 1. The quantitative estimate of drug-likeness (QED) is 0.789. The van der Waals surface area contributed by atoms with Crippen molar-refractivity contribution in [3.63, 3.8) is 0 Å². The van der Waals surface area contributed by atoms with Crippen LogP contribution in [0.3, 0.4) is 0 Å². The number of nitrogens with one attached hydrogen (secondary N) is 1. The maximum absolute atomic E-state index is 12.1. The van der Waals surface area contributed by atoms with Crippen LogP contribution in [0.1, 0.15) is 25.6 Å². The van der Waals surface area contributed by atoms with Gasteiger partial charge in [-0.1, -0.05) is 0 Å². The number of carbonyl (C=O) groups excluding carboxylic acids is 1. The van der Waals surface area contributed by atoms with Crippen LogP contribution in [-0.2, 0) is 22.6 Å². The molecule has 1 aromatic rings. The molecule has 3 rings (SSSR count). The number of aromatic nitrogens is 2. The monoisotopic (exact) mass is 278 g/mol. The summed E-state index contributed by atoms with van der Waals surface area (Å²) in [6.07, 6.45) is 6.14. The van der Waals surface area contributed by atoms with E-state index in [9.17, 15) is 4.79 Å². The fourth-order valence-electron chi connectivity index (χ4n) is 2.88. The molecule has 0 spiro atoms. The molecule has 6 heteroatoms. The number of imidazole rings is 1. The Morgan fingerprint density at radius 3 is 3.05 bits per heavy atom. The molecule has 0 amide bonds. The third kappa shape index (κ3) is 2.71. The van der Waals surface area contributed by atoms with Crippen molar-refractivity contribution >= 4 is 5.97 Å². The maximum Gasteiger partial charge on any atom is 0.327 e. The number of esters is 1. The van der Waals surface area contributed by atoms with Gasteiger partial charge in [0.05, 0.1) is 13.7 Å². The zero-order valence-corrected chi connectivity index (χ0v) is 12.1. The molecule has 1 aromatic heterocycles. The molecule has 6 nitrogen and oxygen atoms in total. The molecule has 0 aromatic carbocycles. The lowest BCUT2D eigenvalue weighted by molar-refractivity contribution is -0.149. The number of rotatable bonds is 5. The Morgan fingerprint density at radius 2 is 2.35 bits per heavy atom. The van der Waals surface area contributed by atoms with Gasteiger partial charge in [-0.05, 0) is 19.8 Å². The Balaban J connectivity index is 1.68. The highest BCUT2D eigenvalue weighted by atomic mass is 16.5. The molecule has 0 saturated heterocycles. The van der Waals surface area contributed by atoms with Crippen LogP contribution in [0, 0.1) is 0 Å². The van der Waals surface area contributed by atoms with Gasteiger partial charge in [0.25, 0.3) is 0 Å². The molecule has 1 fully saturated rings. The van der Waals surface area contributed by atoms with Gasteiger partial charge in [-0.2, -0.15) is 0 Å². The second-order valence-electron chi connectivity index (χ2n) is 5.99. The molecule has 1 atom stereocenters. The van der Waals surface area contributed by atoms with Crippen molar-refractivity contribution < 1.29 is 9.53 Å². The van der Waals surface area contributed by atoms with E-state index in [1.54, 1.807) is 0 Å². The summed E-state index contributed by atoms with van der Waals surface area (Å²) in [7, 11) is 1.46. The zero-order chi connectivity index (χ0) is 14.2. The first kappa shape index (κ1) is 13.6. The number of ether oxygens (including phenoxy) is 1. The van der Waals surface area contributed by atoms with E-state index < -0.39 is 5.54 Å². The Labute approximate surface area is 119 Å². The molecule has 1 saturated carbocycles. The van der Waals surface area contributed by atoms with Gasteiger partial charge in [0.2, 0.25) is 0 Å². The molecule has 1 aliphatic carbocycles. The van der Waals surface area contributed by atoms with Gasteiger partial charge in [0.15, 0.2) is 0 Å². The van der Waals surface area contributed by atoms with Gasteiger partial charge in [-0.3, -0.25) is 15.0 Å². The molecular weight excluding hydrogens is 256 g/mol. The van der Waals surface area contributed by atoms with Crippen LogP contribution in [-0.4, -0.2) is 52.2 Å². The van der Waals surface area contributed by atoms with Crippen LogP contribution in [0.25, 0.3) is 0 Å². The van der Waals surface area contributed by atoms with Crippen molar-refractivity contribution in [3.8, 4) is 0 Å². The SMILES string of the molecule is COC(=O)C(C)(CN1CCn2ccnc2C1)NC1CC1. The fraction of sp³-hybridized carbons (Fsp3) is 0.714. The molecule has 20 heavy (non-hydrogen) atoms. The van der Waals surface area contributed by atoms with Crippen molar-refractivity contribution in [2.24, 2.45) is 0 Å². The number of nitrogens with zero attached hydrogens (tertiary/aromatic N) is 3. The number of carbonyl (C=O) groups is 1. The topological polar surface area (TPSA) is 59.4 Å². The second-order valence-corrected chi connectivity index (χ2v) is 5.99. The molecular formula is C14H22N4O2. The van der Waals surface area contributed by atoms with E-state index in [1.807, 2.05) is 19.3 Å². The van der Waals surface area contributed by atoms with E-state index in [0.29, 0.717) is 12.6 Å². The summed E-state index contributed by atoms with van der Waals surface area (Å²) < 4.78 is 7.16. The standard InChI is InChI=1S/C14H22N4O2/c1-14(13(19)20-2,16-11-3-4-11)10-17-7-8-18-6-5-15-12(18)9-17/h5-6,11,16H,3-4,7-10H2,1-2H3. The first-order valence-electron chi connectivity index (χ1n) is 7.19. The van der Waals surface area contributed by atoms with E-state index in [4.69, 9.17) is 4.74 Å². The van der Waals surface area contributed by atoms with Crippen LogP contribution in [0.2, 0.25) is 0 Å². The molecule has 1 aliphatic heterocycles. The highest BCUT2D eigenvalue weighted by Gasteiger charge is 2.41. The lowest BCUT2D eigenvalue weighted by Crippen LogP contribution is -2.58. The third-order valence-electron chi connectivity index (χ3n) is 4.10. The van der Waals surface area contributed by atoms with E-state index in [-0.39, 0.29) is 5.97 Å². The highest BCUT2D eigenvalue weighted by Crippen LogP contribution is 2.24. The van der Waals surface area contributed by atoms with Crippen molar-refractivity contribution in [1.82, 2.24) is 19.8 Å².